The zero-order valence-electron chi connectivity index (χ0n) is 27.9. The lowest BCUT2D eigenvalue weighted by molar-refractivity contribution is -0.205. The average Bonchev–Trinajstić information content (AvgIpc) is 3.62. The van der Waals surface area contributed by atoms with Crippen LogP contribution in [-0.2, 0) is 14.3 Å². The van der Waals surface area contributed by atoms with Gasteiger partial charge in [0.1, 0.15) is 11.9 Å². The van der Waals surface area contributed by atoms with Crippen LogP contribution < -0.4 is 0 Å². The Labute approximate surface area is 281 Å². The van der Waals surface area contributed by atoms with Gasteiger partial charge in [-0.1, -0.05) is 75.9 Å². The molecule has 3 fully saturated rings. The Kier molecular flexibility index (Phi) is 9.04. The lowest BCUT2D eigenvalue weighted by atomic mass is 9.44. The van der Waals surface area contributed by atoms with Crippen LogP contribution in [0.5, 0.6) is 0 Å². The lowest BCUT2D eigenvalue weighted by Crippen LogP contribution is -2.63. The van der Waals surface area contributed by atoms with E-state index in [2.05, 4.69) is 47.6 Å². The van der Waals surface area contributed by atoms with Crippen LogP contribution in [-0.4, -0.2) is 60.9 Å². The molecule has 0 spiro atoms. The molecule has 0 amide bonds. The summed E-state index contributed by atoms with van der Waals surface area (Å²) in [7, 11) is 0. The molecule has 3 saturated carbocycles. The maximum Gasteiger partial charge on any atom is 0.316 e. The number of Topliss-reactive ketones (excluding diaryl/α,β-unsaturated/α-hetero) is 1. The van der Waals surface area contributed by atoms with Crippen LogP contribution in [0.2, 0.25) is 0 Å². The molecule has 9 nitrogen and oxygen atoms in total. The summed E-state index contributed by atoms with van der Waals surface area (Å²) >= 11 is 1.21. The number of ketones is 1. The van der Waals surface area contributed by atoms with Gasteiger partial charge in [-0.05, 0) is 67.6 Å². The molecular formula is C37H45N5O4S. The van der Waals surface area contributed by atoms with Gasteiger partial charge in [0.2, 0.25) is 5.16 Å². The van der Waals surface area contributed by atoms with Crippen molar-refractivity contribution in [3.63, 3.8) is 0 Å². The van der Waals surface area contributed by atoms with E-state index in [1.165, 1.54) is 11.8 Å². The van der Waals surface area contributed by atoms with E-state index >= 15 is 0 Å². The van der Waals surface area contributed by atoms with E-state index in [1.807, 2.05) is 62.4 Å². The number of benzene rings is 1. The van der Waals surface area contributed by atoms with Crippen molar-refractivity contribution in [2.24, 2.45) is 39.1 Å². The minimum Gasteiger partial charge on any atom is -0.461 e. The highest BCUT2D eigenvalue weighted by molar-refractivity contribution is 7.99. The maximum absolute atomic E-state index is 13.7. The summed E-state index contributed by atoms with van der Waals surface area (Å²) in [6.45, 7) is 14.4. The van der Waals surface area contributed by atoms with E-state index < -0.39 is 29.0 Å². The van der Waals surface area contributed by atoms with Gasteiger partial charge in [0.25, 0.3) is 0 Å². The number of hydrogen-bond donors (Lipinski definition) is 1. The van der Waals surface area contributed by atoms with Gasteiger partial charge in [0, 0.05) is 34.9 Å². The Morgan fingerprint density at radius 2 is 1.94 bits per heavy atom. The zero-order chi connectivity index (χ0) is 33.6. The minimum atomic E-state index is -0.701. The number of pyridine rings is 1. The number of aryl methyl sites for hydroxylation is 1. The molecule has 3 aliphatic rings. The van der Waals surface area contributed by atoms with Crippen molar-refractivity contribution in [3.8, 4) is 11.3 Å². The number of hydrogen-bond acceptors (Lipinski definition) is 9. The molecule has 0 unspecified atom stereocenters. The van der Waals surface area contributed by atoms with E-state index in [0.29, 0.717) is 23.8 Å². The largest absolute Gasteiger partial charge is 0.461 e. The number of aliphatic hydroxyl groups is 1. The second-order valence-electron chi connectivity index (χ2n) is 14.3. The van der Waals surface area contributed by atoms with Gasteiger partial charge < -0.3 is 9.84 Å². The molecule has 3 aromatic rings. The molecule has 1 N–H and O–H groups in total. The third-order valence-corrected chi connectivity index (χ3v) is 12.7. The predicted octanol–water partition coefficient (Wildman–Crippen LogP) is 6.53. The SMILES string of the molecule is C=C[C@]1(C)C[C@@H](OC(=O)CSc2nnc(C)n2/N=C/c2ccc(-c3ccccn3)cc2)[C@]2(C)[C@H](C)CC[C@]3(CCC(=O)[C@H]32)[C@@H](C)[C@@H]1O. The van der Waals surface area contributed by atoms with Crippen LogP contribution in [0.3, 0.4) is 0 Å². The van der Waals surface area contributed by atoms with Gasteiger partial charge in [-0.15, -0.1) is 16.8 Å². The van der Waals surface area contributed by atoms with Crippen LogP contribution in [0.15, 0.2) is 71.6 Å². The molecule has 3 aliphatic carbocycles. The first kappa shape index (κ1) is 33.3. The summed E-state index contributed by atoms with van der Waals surface area (Å²) in [4.78, 5) is 31.7. The number of ether oxygens (including phenoxy) is 1. The molecule has 1 aromatic carbocycles. The lowest BCUT2D eigenvalue weighted by Gasteiger charge is -2.61. The number of aliphatic hydroxyl groups excluding tert-OH is 1. The second-order valence-corrected chi connectivity index (χ2v) is 15.2. The Hall–Kier alpha value is -3.63. The molecule has 0 radical (unpaired) electrons. The van der Waals surface area contributed by atoms with E-state index in [4.69, 9.17) is 4.74 Å². The van der Waals surface area contributed by atoms with Crippen LogP contribution in [0, 0.1) is 40.9 Å². The Morgan fingerprint density at radius 3 is 2.64 bits per heavy atom. The summed E-state index contributed by atoms with van der Waals surface area (Å²) < 4.78 is 8.01. The smallest absolute Gasteiger partial charge is 0.316 e. The van der Waals surface area contributed by atoms with Gasteiger partial charge in [-0.3, -0.25) is 14.6 Å². The Morgan fingerprint density at radius 1 is 1.17 bits per heavy atom. The van der Waals surface area contributed by atoms with Crippen LogP contribution >= 0.6 is 11.8 Å². The van der Waals surface area contributed by atoms with Crippen LogP contribution in [0.1, 0.15) is 71.2 Å². The van der Waals surface area contributed by atoms with Crippen LogP contribution in [0.25, 0.3) is 11.3 Å². The maximum atomic E-state index is 13.7. The number of esters is 1. The molecule has 10 heteroatoms. The average molecular weight is 656 g/mol. The number of nitrogens with zero attached hydrogens (tertiary/aromatic N) is 5. The Balaban J connectivity index is 1.20. The number of carbonyl (C=O) groups excluding carboxylic acids is 2. The molecule has 6 rings (SSSR count). The minimum absolute atomic E-state index is 0.000896. The summed E-state index contributed by atoms with van der Waals surface area (Å²) in [5.74, 6) is 0.265. The molecule has 2 aromatic heterocycles. The molecule has 2 bridgehead atoms. The highest BCUT2D eigenvalue weighted by Crippen LogP contribution is 2.68. The highest BCUT2D eigenvalue weighted by atomic mass is 32.2. The van der Waals surface area contributed by atoms with Gasteiger partial charge >= 0.3 is 5.97 Å². The third-order valence-electron chi connectivity index (χ3n) is 11.9. The summed E-state index contributed by atoms with van der Waals surface area (Å²) in [6, 6.07) is 13.8. The fourth-order valence-corrected chi connectivity index (χ4v) is 9.49. The predicted molar refractivity (Wildman–Crippen MR) is 183 cm³/mol. The quantitative estimate of drug-likeness (QED) is 0.126. The molecule has 0 aliphatic heterocycles. The molecule has 47 heavy (non-hydrogen) atoms. The van der Waals surface area contributed by atoms with Crippen molar-refractivity contribution in [2.45, 2.75) is 84.1 Å². The monoisotopic (exact) mass is 655 g/mol. The summed E-state index contributed by atoms with van der Waals surface area (Å²) in [5, 5.41) is 25.3. The van der Waals surface area contributed by atoms with Crippen molar-refractivity contribution in [3.05, 3.63) is 72.7 Å². The van der Waals surface area contributed by atoms with E-state index in [-0.39, 0.29) is 34.7 Å². The number of carbonyl (C=O) groups is 2. The fourth-order valence-electron chi connectivity index (χ4n) is 8.78. The van der Waals surface area contributed by atoms with Gasteiger partial charge in [-0.25, -0.2) is 0 Å². The Bertz CT molecular complexity index is 1680. The molecule has 2 heterocycles. The molecular weight excluding hydrogens is 611 g/mol. The summed E-state index contributed by atoms with van der Waals surface area (Å²) in [5.41, 5.74) is 1.26. The van der Waals surface area contributed by atoms with Crippen molar-refractivity contribution >= 4 is 29.7 Å². The van der Waals surface area contributed by atoms with E-state index in [1.54, 1.807) is 17.1 Å². The van der Waals surface area contributed by atoms with E-state index in [0.717, 1.165) is 36.1 Å². The van der Waals surface area contributed by atoms with Gasteiger partial charge in [-0.2, -0.15) is 9.78 Å². The number of rotatable bonds is 8. The fraction of sp³-hybridized carbons (Fsp3) is 0.514. The molecule has 248 valence electrons. The first-order valence-electron chi connectivity index (χ1n) is 16.6. The van der Waals surface area contributed by atoms with Crippen molar-refractivity contribution in [1.82, 2.24) is 19.9 Å². The van der Waals surface area contributed by atoms with Crippen molar-refractivity contribution < 1.29 is 19.4 Å². The number of thioether (sulfide) groups is 1. The first-order chi connectivity index (χ1) is 22.4. The zero-order valence-corrected chi connectivity index (χ0v) is 28.7. The second kappa shape index (κ2) is 12.8. The van der Waals surface area contributed by atoms with Crippen molar-refractivity contribution in [2.75, 3.05) is 5.75 Å². The van der Waals surface area contributed by atoms with Gasteiger partial charge in [0.15, 0.2) is 5.82 Å². The highest BCUT2D eigenvalue weighted by Gasteiger charge is 2.68. The van der Waals surface area contributed by atoms with Crippen LogP contribution in [0.4, 0.5) is 0 Å². The van der Waals surface area contributed by atoms with Crippen molar-refractivity contribution in [1.29, 1.82) is 0 Å². The summed E-state index contributed by atoms with van der Waals surface area (Å²) in [6.07, 6.45) is 7.56. The number of aromatic nitrogens is 4. The topological polar surface area (TPSA) is 120 Å². The molecule has 0 saturated heterocycles. The first-order valence-corrected chi connectivity index (χ1v) is 17.6. The standard InChI is InChI=1S/C37H45N5O4S/c1-7-35(5)20-30(36(6)23(2)15-17-37(24(3)33(35)45)18-16-29(43)32(36)37)46-31(44)22-47-34-41-40-25(4)42(34)39-21-26-11-13-27(14-12-26)28-10-8-9-19-38-28/h7-14,19,21,23-24,30,32-33,45H,1,15-18,20,22H2,2-6H3/b39-21+/t23-,24+,30-,32+,33+,35-,36+,37+/m1/s1. The van der Waals surface area contributed by atoms with E-state index in [9.17, 15) is 14.7 Å². The molecule has 8 atom stereocenters. The normalized spacial score (nSPS) is 33.7. The third kappa shape index (κ3) is 5.77. The van der Waals surface area contributed by atoms with Gasteiger partial charge in [0.05, 0.1) is 23.8 Å².